The highest BCUT2D eigenvalue weighted by Gasteiger charge is 2.31. The van der Waals surface area contributed by atoms with Crippen molar-refractivity contribution in [1.82, 2.24) is 5.10 Å². The summed E-state index contributed by atoms with van der Waals surface area (Å²) in [7, 11) is 1.48. The van der Waals surface area contributed by atoms with Gasteiger partial charge in [0.1, 0.15) is 5.69 Å². The van der Waals surface area contributed by atoms with Crippen LogP contribution in [0.4, 0.5) is 26.3 Å². The fourth-order valence-corrected chi connectivity index (χ4v) is 3.06. The lowest BCUT2D eigenvalue weighted by atomic mass is 9.97. The predicted molar refractivity (Wildman–Crippen MR) is 74.3 cm³/mol. The van der Waals surface area contributed by atoms with Crippen molar-refractivity contribution in [2.24, 2.45) is 7.05 Å². The number of aryl methyl sites for hydroxylation is 3. The van der Waals surface area contributed by atoms with Gasteiger partial charge in [0.05, 0.1) is 10.8 Å². The maximum Gasteiger partial charge on any atom is 0.218 e. The van der Waals surface area contributed by atoms with Gasteiger partial charge < -0.3 is 0 Å². The van der Waals surface area contributed by atoms with Gasteiger partial charge in [-0.1, -0.05) is 11.6 Å². The van der Waals surface area contributed by atoms with Crippen LogP contribution in [0.25, 0.3) is 21.5 Å². The highest BCUT2D eigenvalue weighted by atomic mass is 19.2. The summed E-state index contributed by atoms with van der Waals surface area (Å²) in [6.07, 6.45) is 0.204. The Balaban J connectivity index is 2.82. The van der Waals surface area contributed by atoms with Crippen LogP contribution in [-0.2, 0) is 13.5 Å². The molecule has 0 aliphatic carbocycles. The van der Waals surface area contributed by atoms with Gasteiger partial charge in [0.15, 0.2) is 42.0 Å². The molecule has 0 radical (unpaired) electrons. The molecule has 0 atom stereocenters. The summed E-state index contributed by atoms with van der Waals surface area (Å²) in [6.45, 7) is 2.99. The quantitative estimate of drug-likeness (QED) is 0.215. The Kier molecular flexibility index (Phi) is 3.65. The van der Waals surface area contributed by atoms with E-state index in [2.05, 4.69) is 5.10 Å². The van der Waals surface area contributed by atoms with E-state index in [1.165, 1.54) is 18.7 Å². The second-order valence-electron chi connectivity index (χ2n) is 5.39. The van der Waals surface area contributed by atoms with E-state index in [4.69, 9.17) is 0 Å². The number of aromatic nitrogens is 2. The van der Waals surface area contributed by atoms with Crippen molar-refractivity contribution < 1.29 is 31.0 Å². The highest BCUT2D eigenvalue weighted by molar-refractivity contribution is 6.10. The highest BCUT2D eigenvalue weighted by Crippen LogP contribution is 2.38. The van der Waals surface area contributed by atoms with E-state index in [-0.39, 0.29) is 28.6 Å². The van der Waals surface area contributed by atoms with Gasteiger partial charge in [0, 0.05) is 17.2 Å². The minimum atomic E-state index is -2.19. The van der Waals surface area contributed by atoms with Crippen molar-refractivity contribution in [3.05, 3.63) is 46.3 Å². The molecule has 0 spiro atoms. The lowest BCUT2D eigenvalue weighted by Crippen LogP contribution is -2.39. The first-order chi connectivity index (χ1) is 11.2. The number of hydrogen-bond donors (Lipinski definition) is 0. The number of rotatable bonds is 1. The molecule has 1 heterocycles. The minimum absolute atomic E-state index is 0.0258. The van der Waals surface area contributed by atoms with Crippen LogP contribution in [0.15, 0.2) is 0 Å². The Labute approximate surface area is 132 Å². The molecule has 126 valence electrons. The third kappa shape index (κ3) is 1.91. The molecule has 24 heavy (non-hydrogen) atoms. The normalized spacial score (nSPS) is 11.7. The van der Waals surface area contributed by atoms with Gasteiger partial charge in [-0.15, -0.1) is 0 Å². The maximum absolute atomic E-state index is 14.6. The number of benzene rings is 2. The Morgan fingerprint density at radius 2 is 1.17 bits per heavy atom. The first-order valence-corrected chi connectivity index (χ1v) is 7.04. The molecular weight excluding hydrogens is 334 g/mol. The van der Waals surface area contributed by atoms with Gasteiger partial charge in [-0.25, -0.2) is 26.3 Å². The third-order valence-corrected chi connectivity index (χ3v) is 4.07. The Hall–Kier alpha value is -2.38. The molecule has 1 aromatic heterocycles. The fraction of sp³-hybridized carbons (Fsp3) is 0.250. The molecule has 0 N–H and O–H groups in total. The van der Waals surface area contributed by atoms with Crippen molar-refractivity contribution in [2.75, 3.05) is 0 Å². The first-order valence-electron chi connectivity index (χ1n) is 7.04. The molecule has 0 aliphatic heterocycles. The van der Waals surface area contributed by atoms with Crippen LogP contribution in [0.3, 0.4) is 0 Å². The van der Waals surface area contributed by atoms with Crippen LogP contribution in [0.1, 0.15) is 18.3 Å². The third-order valence-electron chi connectivity index (χ3n) is 4.07. The van der Waals surface area contributed by atoms with E-state index in [9.17, 15) is 26.3 Å². The molecule has 0 unspecified atom stereocenters. The second-order valence-corrected chi connectivity index (χ2v) is 5.39. The van der Waals surface area contributed by atoms with E-state index in [0.717, 1.165) is 0 Å². The van der Waals surface area contributed by atoms with Crippen LogP contribution >= 0.6 is 0 Å². The van der Waals surface area contributed by atoms with Crippen LogP contribution < -0.4 is 4.68 Å². The van der Waals surface area contributed by atoms with E-state index in [1.54, 1.807) is 6.92 Å². The van der Waals surface area contributed by atoms with Gasteiger partial charge >= 0.3 is 0 Å². The van der Waals surface area contributed by atoms with Gasteiger partial charge in [-0.3, -0.25) is 0 Å². The summed E-state index contributed by atoms with van der Waals surface area (Å²) < 4.78 is 85.6. The van der Waals surface area contributed by atoms with Gasteiger partial charge in [-0.2, -0.15) is 0 Å². The van der Waals surface area contributed by atoms with Gasteiger partial charge in [0.2, 0.25) is 5.69 Å². The van der Waals surface area contributed by atoms with Crippen LogP contribution in [0.2, 0.25) is 0 Å². The molecule has 0 saturated heterocycles. The fourth-order valence-electron chi connectivity index (χ4n) is 3.06. The zero-order valence-electron chi connectivity index (χ0n) is 12.9. The number of hydrogen-bond acceptors (Lipinski definition) is 1. The minimum Gasteiger partial charge on any atom is -0.203 e. The summed E-state index contributed by atoms with van der Waals surface area (Å²) in [5.74, 6) is -11.3. The number of fused-ring (bicyclic) bond motifs is 3. The zero-order chi connectivity index (χ0) is 17.9. The summed E-state index contributed by atoms with van der Waals surface area (Å²) in [4.78, 5) is 0. The van der Waals surface area contributed by atoms with E-state index >= 15 is 0 Å². The largest absolute Gasteiger partial charge is 0.218 e. The second kappa shape index (κ2) is 5.32. The number of nitrogens with zero attached hydrogens (tertiary/aromatic N) is 2. The molecule has 0 aliphatic rings. The first kappa shape index (κ1) is 16.5. The predicted octanol–water partition coefficient (Wildman–Crippen LogP) is 3.92. The molecule has 2 nitrogen and oxygen atoms in total. The average molecular weight is 345 g/mol. The zero-order valence-corrected chi connectivity index (χ0v) is 12.9. The Morgan fingerprint density at radius 3 is 1.71 bits per heavy atom. The SMILES string of the molecule is CCc1c2c(F)c(F)c3c(F)c(F)c(F)c(F)c3c2c(C)n[n+]1C. The molecule has 3 rings (SSSR count). The van der Waals surface area contributed by atoms with Crippen LogP contribution in [0, 0.1) is 41.8 Å². The molecule has 8 heteroatoms. The molecular formula is C16H11F6N2+. The maximum atomic E-state index is 14.6. The van der Waals surface area contributed by atoms with Gasteiger partial charge in [0.25, 0.3) is 0 Å². The molecule has 2 aromatic carbocycles. The van der Waals surface area contributed by atoms with Crippen molar-refractivity contribution >= 4 is 21.5 Å². The standard InChI is InChI=1S/C16H11F6N2/c1-4-6-8-7(5(2)23-24(6)3)9-10(13(19)11(8)17)14(20)16(22)15(21)12(9)18/h4H2,1-3H3/q+1. The van der Waals surface area contributed by atoms with Crippen molar-refractivity contribution in [3.8, 4) is 0 Å². The summed E-state index contributed by atoms with van der Waals surface area (Å²) >= 11 is 0. The van der Waals surface area contributed by atoms with E-state index in [0.29, 0.717) is 0 Å². The van der Waals surface area contributed by atoms with Gasteiger partial charge in [-0.05, 0) is 12.0 Å². The average Bonchev–Trinajstić information content (AvgIpc) is 2.54. The molecule has 0 bridgehead atoms. The monoisotopic (exact) mass is 345 g/mol. The lowest BCUT2D eigenvalue weighted by Gasteiger charge is -2.12. The molecule has 0 saturated carbocycles. The lowest BCUT2D eigenvalue weighted by molar-refractivity contribution is -0.736. The van der Waals surface area contributed by atoms with Crippen LogP contribution in [0.5, 0.6) is 0 Å². The summed E-state index contributed by atoms with van der Waals surface area (Å²) in [6, 6.07) is 0. The van der Waals surface area contributed by atoms with E-state index < -0.39 is 45.7 Å². The van der Waals surface area contributed by atoms with Crippen LogP contribution in [-0.4, -0.2) is 5.10 Å². The van der Waals surface area contributed by atoms with Crippen molar-refractivity contribution in [1.29, 1.82) is 0 Å². The summed E-state index contributed by atoms with van der Waals surface area (Å²) in [5, 5.41) is 1.30. The molecule has 3 aromatic rings. The topological polar surface area (TPSA) is 16.8 Å². The van der Waals surface area contributed by atoms with E-state index in [1.807, 2.05) is 0 Å². The Bertz CT molecular complexity index is 1030. The molecule has 0 fully saturated rings. The number of halogens is 6. The summed E-state index contributed by atoms with van der Waals surface area (Å²) in [5.41, 5.74) is 0.233. The van der Waals surface area contributed by atoms with Crippen molar-refractivity contribution in [2.45, 2.75) is 20.3 Å². The molecule has 0 amide bonds. The Morgan fingerprint density at radius 1 is 0.708 bits per heavy atom. The smallest absolute Gasteiger partial charge is 0.203 e. The van der Waals surface area contributed by atoms with Crippen molar-refractivity contribution in [3.63, 3.8) is 0 Å².